The van der Waals surface area contributed by atoms with Gasteiger partial charge in [-0.3, -0.25) is 0 Å². The quantitative estimate of drug-likeness (QED) is 0.648. The van der Waals surface area contributed by atoms with Crippen molar-refractivity contribution in [3.05, 3.63) is 11.8 Å². The van der Waals surface area contributed by atoms with E-state index in [1.54, 1.807) is 0 Å². The molecule has 0 heterocycles. The lowest BCUT2D eigenvalue weighted by Crippen LogP contribution is -1.97. The van der Waals surface area contributed by atoms with E-state index in [0.717, 1.165) is 24.5 Å². The van der Waals surface area contributed by atoms with Gasteiger partial charge in [0.1, 0.15) is 0 Å². The SMILES string of the molecule is CCC=C(N)CCCC(C)C. The van der Waals surface area contributed by atoms with E-state index in [9.17, 15) is 0 Å². The Balaban J connectivity index is 3.31. The molecular formula is C10H21N. The van der Waals surface area contributed by atoms with Crippen molar-refractivity contribution >= 4 is 0 Å². The molecule has 0 aromatic heterocycles. The fourth-order valence-corrected chi connectivity index (χ4v) is 1.08. The van der Waals surface area contributed by atoms with Crippen molar-refractivity contribution in [3.63, 3.8) is 0 Å². The molecule has 66 valence electrons. The summed E-state index contributed by atoms with van der Waals surface area (Å²) in [6.45, 7) is 6.62. The summed E-state index contributed by atoms with van der Waals surface area (Å²) in [7, 11) is 0. The van der Waals surface area contributed by atoms with Gasteiger partial charge in [0.05, 0.1) is 0 Å². The highest BCUT2D eigenvalue weighted by Crippen LogP contribution is 2.08. The molecule has 11 heavy (non-hydrogen) atoms. The van der Waals surface area contributed by atoms with Crippen LogP contribution in [0.5, 0.6) is 0 Å². The average Bonchev–Trinajstić information content (AvgIpc) is 1.87. The van der Waals surface area contributed by atoms with Gasteiger partial charge in [-0.1, -0.05) is 33.3 Å². The minimum Gasteiger partial charge on any atom is -0.402 e. The van der Waals surface area contributed by atoms with Crippen molar-refractivity contribution in [2.45, 2.75) is 46.5 Å². The van der Waals surface area contributed by atoms with Crippen molar-refractivity contribution < 1.29 is 0 Å². The Morgan fingerprint density at radius 3 is 2.55 bits per heavy atom. The van der Waals surface area contributed by atoms with Crippen molar-refractivity contribution in [2.24, 2.45) is 11.7 Å². The van der Waals surface area contributed by atoms with Gasteiger partial charge in [0, 0.05) is 5.70 Å². The molecule has 0 saturated heterocycles. The third kappa shape index (κ3) is 7.44. The van der Waals surface area contributed by atoms with Gasteiger partial charge >= 0.3 is 0 Å². The van der Waals surface area contributed by atoms with Crippen LogP contribution in [-0.2, 0) is 0 Å². The van der Waals surface area contributed by atoms with Crippen molar-refractivity contribution in [1.82, 2.24) is 0 Å². The Morgan fingerprint density at radius 1 is 1.45 bits per heavy atom. The van der Waals surface area contributed by atoms with Crippen LogP contribution in [-0.4, -0.2) is 0 Å². The molecule has 0 saturated carbocycles. The van der Waals surface area contributed by atoms with Crippen LogP contribution in [0.25, 0.3) is 0 Å². The van der Waals surface area contributed by atoms with Gasteiger partial charge in [-0.25, -0.2) is 0 Å². The maximum absolute atomic E-state index is 5.73. The molecule has 0 unspecified atom stereocenters. The zero-order valence-corrected chi connectivity index (χ0v) is 8.06. The van der Waals surface area contributed by atoms with E-state index in [1.807, 2.05) is 0 Å². The number of hydrogen-bond donors (Lipinski definition) is 1. The Labute approximate surface area is 70.7 Å². The van der Waals surface area contributed by atoms with Gasteiger partial charge in [-0.15, -0.1) is 0 Å². The highest BCUT2D eigenvalue weighted by molar-refractivity contribution is 4.95. The average molecular weight is 155 g/mol. The molecular weight excluding hydrogens is 134 g/mol. The maximum atomic E-state index is 5.73. The number of nitrogens with two attached hydrogens (primary N) is 1. The molecule has 2 N–H and O–H groups in total. The lowest BCUT2D eigenvalue weighted by atomic mass is 10.1. The topological polar surface area (TPSA) is 26.0 Å². The number of hydrogen-bond acceptors (Lipinski definition) is 1. The molecule has 0 radical (unpaired) electrons. The third-order valence-electron chi connectivity index (χ3n) is 1.71. The number of allylic oxidation sites excluding steroid dienone is 2. The smallest absolute Gasteiger partial charge is 0.00398 e. The van der Waals surface area contributed by atoms with Gasteiger partial charge in [0.25, 0.3) is 0 Å². The van der Waals surface area contributed by atoms with Crippen LogP contribution >= 0.6 is 0 Å². The van der Waals surface area contributed by atoms with Crippen molar-refractivity contribution in [3.8, 4) is 0 Å². The normalized spacial score (nSPS) is 12.5. The van der Waals surface area contributed by atoms with Gasteiger partial charge in [0.15, 0.2) is 0 Å². The van der Waals surface area contributed by atoms with Crippen LogP contribution in [0, 0.1) is 5.92 Å². The van der Waals surface area contributed by atoms with Crippen LogP contribution in [0.4, 0.5) is 0 Å². The van der Waals surface area contributed by atoms with Crippen LogP contribution in [0.15, 0.2) is 11.8 Å². The van der Waals surface area contributed by atoms with Crippen molar-refractivity contribution in [2.75, 3.05) is 0 Å². The standard InChI is InChI=1S/C10H21N/c1-4-6-10(11)8-5-7-9(2)3/h6,9H,4-5,7-8,11H2,1-3H3. The summed E-state index contributed by atoms with van der Waals surface area (Å²) in [5.74, 6) is 0.810. The molecule has 0 spiro atoms. The largest absolute Gasteiger partial charge is 0.402 e. The fourth-order valence-electron chi connectivity index (χ4n) is 1.08. The van der Waals surface area contributed by atoms with Crippen LogP contribution in [0.3, 0.4) is 0 Å². The molecule has 0 bridgehead atoms. The monoisotopic (exact) mass is 155 g/mol. The molecule has 0 aliphatic carbocycles. The molecule has 0 aromatic carbocycles. The Kier molecular flexibility index (Phi) is 6.00. The van der Waals surface area contributed by atoms with Gasteiger partial charge in [-0.2, -0.15) is 0 Å². The maximum Gasteiger partial charge on any atom is 0.00398 e. The third-order valence-corrected chi connectivity index (χ3v) is 1.71. The molecule has 0 amide bonds. The summed E-state index contributed by atoms with van der Waals surface area (Å²) in [4.78, 5) is 0. The highest BCUT2D eigenvalue weighted by atomic mass is 14.6. The highest BCUT2D eigenvalue weighted by Gasteiger charge is 1.94. The predicted molar refractivity (Wildman–Crippen MR) is 51.3 cm³/mol. The zero-order valence-electron chi connectivity index (χ0n) is 8.06. The van der Waals surface area contributed by atoms with Gasteiger partial charge in [-0.05, 0) is 25.2 Å². The van der Waals surface area contributed by atoms with Gasteiger partial charge in [0.2, 0.25) is 0 Å². The summed E-state index contributed by atoms with van der Waals surface area (Å²) < 4.78 is 0. The molecule has 0 fully saturated rings. The minimum absolute atomic E-state index is 0.810. The predicted octanol–water partition coefficient (Wildman–Crippen LogP) is 3.07. The first-order valence-corrected chi connectivity index (χ1v) is 4.61. The van der Waals surface area contributed by atoms with Crippen LogP contribution < -0.4 is 5.73 Å². The second-order valence-electron chi connectivity index (χ2n) is 3.47. The summed E-state index contributed by atoms with van der Waals surface area (Å²) in [6, 6.07) is 0. The van der Waals surface area contributed by atoms with E-state index in [1.165, 1.54) is 12.8 Å². The zero-order chi connectivity index (χ0) is 8.69. The first kappa shape index (κ1) is 10.5. The Hall–Kier alpha value is -0.460. The second-order valence-corrected chi connectivity index (χ2v) is 3.47. The molecule has 0 rings (SSSR count). The van der Waals surface area contributed by atoms with Crippen molar-refractivity contribution in [1.29, 1.82) is 0 Å². The van der Waals surface area contributed by atoms with Crippen LogP contribution in [0.2, 0.25) is 0 Å². The molecule has 1 heteroatoms. The first-order chi connectivity index (χ1) is 5.16. The summed E-state index contributed by atoms with van der Waals surface area (Å²) >= 11 is 0. The Morgan fingerprint density at radius 2 is 2.09 bits per heavy atom. The molecule has 1 nitrogen and oxygen atoms in total. The van der Waals surface area contributed by atoms with E-state index in [0.29, 0.717) is 0 Å². The molecule has 0 atom stereocenters. The first-order valence-electron chi connectivity index (χ1n) is 4.61. The van der Waals surface area contributed by atoms with E-state index < -0.39 is 0 Å². The lowest BCUT2D eigenvalue weighted by molar-refractivity contribution is 0.553. The van der Waals surface area contributed by atoms with Gasteiger partial charge < -0.3 is 5.73 Å². The second kappa shape index (κ2) is 6.26. The lowest BCUT2D eigenvalue weighted by Gasteiger charge is -2.03. The number of rotatable bonds is 5. The molecule has 0 aromatic rings. The van der Waals surface area contributed by atoms with Crippen LogP contribution in [0.1, 0.15) is 46.5 Å². The molecule has 0 aliphatic heterocycles. The summed E-state index contributed by atoms with van der Waals surface area (Å²) in [5.41, 5.74) is 6.79. The Bertz CT molecular complexity index is 114. The summed E-state index contributed by atoms with van der Waals surface area (Å²) in [6.07, 6.45) is 6.78. The molecule has 0 aliphatic rings. The van der Waals surface area contributed by atoms with E-state index in [-0.39, 0.29) is 0 Å². The summed E-state index contributed by atoms with van der Waals surface area (Å²) in [5, 5.41) is 0. The van der Waals surface area contributed by atoms with E-state index in [2.05, 4.69) is 26.8 Å². The van der Waals surface area contributed by atoms with E-state index in [4.69, 9.17) is 5.73 Å². The van der Waals surface area contributed by atoms with E-state index >= 15 is 0 Å². The minimum atomic E-state index is 0.810. The fraction of sp³-hybridized carbons (Fsp3) is 0.800.